The number of carbonyl (C=O) groups excluding carboxylic acids is 2. The van der Waals surface area contributed by atoms with Crippen LogP contribution in [0.5, 0.6) is 0 Å². The van der Waals surface area contributed by atoms with E-state index >= 15 is 0 Å². The van der Waals surface area contributed by atoms with Crippen LogP contribution in [0.15, 0.2) is 47.5 Å². The first-order valence-corrected chi connectivity index (χ1v) is 11.6. The van der Waals surface area contributed by atoms with Crippen LogP contribution >= 0.6 is 23.4 Å². The van der Waals surface area contributed by atoms with Crippen molar-refractivity contribution in [3.63, 3.8) is 0 Å². The van der Waals surface area contributed by atoms with Crippen molar-refractivity contribution < 1.29 is 22.8 Å². The number of imide groups is 1. The molecule has 1 atom stereocenters. The molecule has 0 radical (unpaired) electrons. The molecule has 1 aromatic heterocycles. The van der Waals surface area contributed by atoms with Gasteiger partial charge in [0, 0.05) is 23.0 Å². The quantitative estimate of drug-likeness (QED) is 0.443. The molecular formula is C23H20ClF3N4O2S. The van der Waals surface area contributed by atoms with Gasteiger partial charge >= 0.3 is 6.18 Å². The number of benzene rings is 2. The number of alkyl halides is 3. The average Bonchev–Trinajstić information content (AvgIpc) is 3.29. The maximum absolute atomic E-state index is 13.4. The Bertz CT molecular complexity index is 1310. The van der Waals surface area contributed by atoms with Crippen LogP contribution in [0, 0.1) is 0 Å². The van der Waals surface area contributed by atoms with E-state index in [9.17, 15) is 22.8 Å². The van der Waals surface area contributed by atoms with E-state index in [2.05, 4.69) is 5.10 Å². The number of fused-ring (bicyclic) bond motifs is 1. The predicted molar refractivity (Wildman–Crippen MR) is 126 cm³/mol. The van der Waals surface area contributed by atoms with E-state index in [1.54, 1.807) is 30.5 Å². The number of carbonyl (C=O) groups is 2. The molecule has 0 aliphatic carbocycles. The molecule has 0 saturated carbocycles. The van der Waals surface area contributed by atoms with Crippen molar-refractivity contribution >= 4 is 51.5 Å². The first-order chi connectivity index (χ1) is 16.1. The second-order valence-electron chi connectivity index (χ2n) is 7.88. The summed E-state index contributed by atoms with van der Waals surface area (Å²) in [6.07, 6.45) is -0.746. The van der Waals surface area contributed by atoms with Crippen molar-refractivity contribution in [1.29, 1.82) is 0 Å². The molecule has 2 aromatic carbocycles. The normalized spacial score (nSPS) is 16.8. The van der Waals surface area contributed by atoms with Crippen LogP contribution in [0.2, 0.25) is 5.02 Å². The highest BCUT2D eigenvalue weighted by atomic mass is 35.5. The standard InChI is InChI=1S/C23H20ClF3N4O2S/c1-2-17(28)12-30-21(32)20(34-22(30)33)8-13-3-6-19-15(7-13)10-29-31(19)11-14-4-5-16(24)9-18(14)23(25,26)27/h3-10,17H,2,11-12,28H2,1H3/t17-/m0/s1. The second-order valence-corrected chi connectivity index (χ2v) is 9.31. The lowest BCUT2D eigenvalue weighted by Gasteiger charge is -2.16. The first kappa shape index (κ1) is 24.3. The lowest BCUT2D eigenvalue weighted by molar-refractivity contribution is -0.138. The van der Waals surface area contributed by atoms with E-state index in [4.69, 9.17) is 17.3 Å². The first-order valence-electron chi connectivity index (χ1n) is 10.4. The van der Waals surface area contributed by atoms with Gasteiger partial charge in [0.1, 0.15) is 0 Å². The van der Waals surface area contributed by atoms with Crippen molar-refractivity contribution in [2.45, 2.75) is 32.1 Å². The monoisotopic (exact) mass is 508 g/mol. The van der Waals surface area contributed by atoms with Gasteiger partial charge in [0.05, 0.1) is 28.7 Å². The van der Waals surface area contributed by atoms with Crippen LogP contribution in [-0.4, -0.2) is 38.4 Å². The Hall–Kier alpha value is -2.82. The smallest absolute Gasteiger partial charge is 0.326 e. The summed E-state index contributed by atoms with van der Waals surface area (Å²) in [5.41, 5.74) is 6.42. The Morgan fingerprint density at radius 2 is 1.97 bits per heavy atom. The summed E-state index contributed by atoms with van der Waals surface area (Å²) >= 11 is 6.61. The molecular weight excluding hydrogens is 489 g/mol. The van der Waals surface area contributed by atoms with Crippen molar-refractivity contribution in [2.24, 2.45) is 5.73 Å². The summed E-state index contributed by atoms with van der Waals surface area (Å²) in [6.45, 7) is 1.95. The lowest BCUT2D eigenvalue weighted by atomic mass is 10.1. The van der Waals surface area contributed by atoms with Gasteiger partial charge in [0.15, 0.2) is 0 Å². The van der Waals surface area contributed by atoms with E-state index < -0.39 is 17.6 Å². The van der Waals surface area contributed by atoms with Crippen LogP contribution in [0.1, 0.15) is 30.0 Å². The molecule has 2 N–H and O–H groups in total. The zero-order chi connectivity index (χ0) is 24.6. The van der Waals surface area contributed by atoms with Crippen LogP contribution in [-0.2, 0) is 17.5 Å². The zero-order valence-corrected chi connectivity index (χ0v) is 19.5. The summed E-state index contributed by atoms with van der Waals surface area (Å²) in [7, 11) is 0. The van der Waals surface area contributed by atoms with Crippen LogP contribution in [0.3, 0.4) is 0 Å². The highest BCUT2D eigenvalue weighted by molar-refractivity contribution is 8.18. The Morgan fingerprint density at radius 1 is 1.21 bits per heavy atom. The molecule has 1 aliphatic rings. The maximum Gasteiger partial charge on any atom is 0.416 e. The Kier molecular flexibility index (Phi) is 6.75. The highest BCUT2D eigenvalue weighted by Crippen LogP contribution is 2.35. The number of hydrogen-bond acceptors (Lipinski definition) is 5. The van der Waals surface area contributed by atoms with Gasteiger partial charge in [-0.3, -0.25) is 19.2 Å². The van der Waals surface area contributed by atoms with E-state index in [0.717, 1.165) is 22.7 Å². The summed E-state index contributed by atoms with van der Waals surface area (Å²) in [5, 5.41) is 4.56. The summed E-state index contributed by atoms with van der Waals surface area (Å²) < 4.78 is 41.8. The van der Waals surface area contributed by atoms with Crippen LogP contribution < -0.4 is 5.73 Å². The molecule has 178 valence electrons. The molecule has 0 spiro atoms. The summed E-state index contributed by atoms with van der Waals surface area (Å²) in [5.74, 6) is -0.392. The number of nitrogens with zero attached hydrogens (tertiary/aromatic N) is 3. The van der Waals surface area contributed by atoms with Gasteiger partial charge in [-0.2, -0.15) is 18.3 Å². The molecule has 0 bridgehead atoms. The number of aromatic nitrogens is 2. The van der Waals surface area contributed by atoms with Gasteiger partial charge in [-0.05, 0) is 59.7 Å². The van der Waals surface area contributed by atoms with E-state index in [1.807, 2.05) is 6.92 Å². The highest BCUT2D eigenvalue weighted by Gasteiger charge is 2.36. The van der Waals surface area contributed by atoms with E-state index in [0.29, 0.717) is 22.9 Å². The minimum atomic E-state index is -4.54. The minimum Gasteiger partial charge on any atom is -0.326 e. The van der Waals surface area contributed by atoms with Crippen LogP contribution in [0.4, 0.5) is 18.0 Å². The third-order valence-electron chi connectivity index (χ3n) is 5.48. The van der Waals surface area contributed by atoms with Gasteiger partial charge in [-0.25, -0.2) is 0 Å². The molecule has 34 heavy (non-hydrogen) atoms. The van der Waals surface area contributed by atoms with Crippen molar-refractivity contribution in [2.75, 3.05) is 6.54 Å². The maximum atomic E-state index is 13.4. The van der Waals surface area contributed by atoms with Gasteiger partial charge < -0.3 is 5.73 Å². The van der Waals surface area contributed by atoms with Crippen molar-refractivity contribution in [3.05, 3.63) is 69.2 Å². The SMILES string of the molecule is CC[C@H](N)CN1C(=O)SC(=Cc2ccc3c(cnn3Cc3ccc(Cl)cc3C(F)(F)F)c2)C1=O. The number of nitrogens with two attached hydrogens (primary N) is 1. The molecule has 6 nitrogen and oxygen atoms in total. The Labute approximate surface area is 202 Å². The second kappa shape index (κ2) is 9.44. The number of hydrogen-bond donors (Lipinski definition) is 1. The molecule has 2 amide bonds. The summed E-state index contributed by atoms with van der Waals surface area (Å²) in [6, 6.07) is 8.57. The fourth-order valence-corrected chi connectivity index (χ4v) is 4.63. The fourth-order valence-electron chi connectivity index (χ4n) is 3.61. The van der Waals surface area contributed by atoms with Gasteiger partial charge in [-0.1, -0.05) is 30.7 Å². The van der Waals surface area contributed by atoms with Crippen molar-refractivity contribution in [1.82, 2.24) is 14.7 Å². The molecule has 3 aromatic rings. The predicted octanol–water partition coefficient (Wildman–Crippen LogP) is 5.53. The largest absolute Gasteiger partial charge is 0.416 e. The lowest BCUT2D eigenvalue weighted by Crippen LogP contribution is -2.39. The van der Waals surface area contributed by atoms with Gasteiger partial charge in [0.2, 0.25) is 0 Å². The van der Waals surface area contributed by atoms with Gasteiger partial charge in [0.25, 0.3) is 11.1 Å². The molecule has 1 aliphatic heterocycles. The zero-order valence-electron chi connectivity index (χ0n) is 18.0. The number of halogens is 4. The Balaban J connectivity index is 1.59. The number of amides is 2. The molecule has 11 heteroatoms. The van der Waals surface area contributed by atoms with Crippen molar-refractivity contribution in [3.8, 4) is 0 Å². The molecule has 1 fully saturated rings. The van der Waals surface area contributed by atoms with Gasteiger partial charge in [-0.15, -0.1) is 0 Å². The van der Waals surface area contributed by atoms with E-state index in [1.165, 1.54) is 16.8 Å². The van der Waals surface area contributed by atoms with Crippen LogP contribution in [0.25, 0.3) is 17.0 Å². The molecule has 1 saturated heterocycles. The molecule has 2 heterocycles. The molecule has 4 rings (SSSR count). The average molecular weight is 509 g/mol. The third kappa shape index (κ3) is 4.98. The third-order valence-corrected chi connectivity index (χ3v) is 6.62. The minimum absolute atomic E-state index is 0.00660. The van der Waals surface area contributed by atoms with E-state index in [-0.39, 0.29) is 39.9 Å². The number of thioether (sulfide) groups is 1. The Morgan fingerprint density at radius 3 is 2.68 bits per heavy atom. The topological polar surface area (TPSA) is 81.2 Å². The number of rotatable bonds is 6. The fraction of sp³-hybridized carbons (Fsp3) is 0.261. The summed E-state index contributed by atoms with van der Waals surface area (Å²) in [4.78, 5) is 26.3. The molecule has 0 unspecified atom stereocenters.